The van der Waals surface area contributed by atoms with Gasteiger partial charge < -0.3 is 0 Å². The number of aromatic amines is 1. The molecule has 0 aliphatic heterocycles. The second-order valence-corrected chi connectivity index (χ2v) is 4.48. The van der Waals surface area contributed by atoms with E-state index in [-0.39, 0.29) is 5.56 Å². The van der Waals surface area contributed by atoms with Gasteiger partial charge in [-0.15, -0.1) is 0 Å². The van der Waals surface area contributed by atoms with E-state index in [9.17, 15) is 4.79 Å². The third kappa shape index (κ3) is 2.03. The Hall–Kier alpha value is -2.42. The normalized spacial score (nSPS) is 10.8. The van der Waals surface area contributed by atoms with Crippen molar-refractivity contribution >= 4 is 10.8 Å². The van der Waals surface area contributed by atoms with Crippen molar-refractivity contribution in [2.24, 2.45) is 0 Å². The summed E-state index contributed by atoms with van der Waals surface area (Å²) in [5.41, 5.74) is 3.04. The van der Waals surface area contributed by atoms with Gasteiger partial charge in [-0.25, -0.2) is 5.10 Å². The molecular formula is C16H14N2O. The van der Waals surface area contributed by atoms with Crippen molar-refractivity contribution in [1.29, 1.82) is 0 Å². The van der Waals surface area contributed by atoms with Gasteiger partial charge in [0.1, 0.15) is 0 Å². The Bertz CT molecular complexity index is 776. The number of nitrogens with zero attached hydrogens (tertiary/aromatic N) is 1. The quantitative estimate of drug-likeness (QED) is 0.759. The standard InChI is InChI=1S/C16H14N2O/c1-2-15-14-10-12(11-6-4-3-5-7-11)8-9-13(14)16(19)18-17-15/h3-10H,2H2,1H3,(H,18,19). The van der Waals surface area contributed by atoms with Gasteiger partial charge in [0, 0.05) is 5.39 Å². The van der Waals surface area contributed by atoms with Crippen LogP contribution in [0.15, 0.2) is 53.3 Å². The minimum Gasteiger partial charge on any atom is -0.267 e. The van der Waals surface area contributed by atoms with E-state index < -0.39 is 0 Å². The molecule has 0 fully saturated rings. The molecule has 0 bridgehead atoms. The van der Waals surface area contributed by atoms with Crippen LogP contribution >= 0.6 is 0 Å². The first kappa shape index (κ1) is 11.7. The van der Waals surface area contributed by atoms with E-state index in [1.165, 1.54) is 0 Å². The second kappa shape index (κ2) is 4.69. The Labute approximate surface area is 110 Å². The molecule has 3 aromatic rings. The largest absolute Gasteiger partial charge is 0.272 e. The number of H-pyrrole nitrogens is 1. The molecule has 0 aliphatic carbocycles. The zero-order valence-electron chi connectivity index (χ0n) is 10.7. The number of hydrogen-bond donors (Lipinski definition) is 1. The first-order valence-corrected chi connectivity index (χ1v) is 6.36. The summed E-state index contributed by atoms with van der Waals surface area (Å²) >= 11 is 0. The predicted octanol–water partition coefficient (Wildman–Crippen LogP) is 3.15. The number of hydrogen-bond acceptors (Lipinski definition) is 2. The number of fused-ring (bicyclic) bond motifs is 1. The third-order valence-corrected chi connectivity index (χ3v) is 3.31. The highest BCUT2D eigenvalue weighted by atomic mass is 16.1. The van der Waals surface area contributed by atoms with Gasteiger partial charge in [-0.3, -0.25) is 4.79 Å². The second-order valence-electron chi connectivity index (χ2n) is 4.48. The SMILES string of the molecule is CCc1n[nH]c(=O)c2ccc(-c3ccccc3)cc12. The smallest absolute Gasteiger partial charge is 0.267 e. The summed E-state index contributed by atoms with van der Waals surface area (Å²) in [4.78, 5) is 11.8. The highest BCUT2D eigenvalue weighted by molar-refractivity contribution is 5.88. The zero-order valence-corrected chi connectivity index (χ0v) is 10.7. The molecule has 3 nitrogen and oxygen atoms in total. The third-order valence-electron chi connectivity index (χ3n) is 3.31. The van der Waals surface area contributed by atoms with Gasteiger partial charge >= 0.3 is 0 Å². The maximum atomic E-state index is 11.8. The van der Waals surface area contributed by atoms with Crippen LogP contribution in [0.3, 0.4) is 0 Å². The highest BCUT2D eigenvalue weighted by Crippen LogP contribution is 2.24. The molecule has 0 amide bonds. The molecule has 3 heteroatoms. The zero-order chi connectivity index (χ0) is 13.2. The fourth-order valence-electron chi connectivity index (χ4n) is 2.30. The van der Waals surface area contributed by atoms with E-state index in [1.807, 2.05) is 43.3 Å². The fourth-order valence-corrected chi connectivity index (χ4v) is 2.30. The summed E-state index contributed by atoms with van der Waals surface area (Å²) < 4.78 is 0. The number of rotatable bonds is 2. The van der Waals surface area contributed by atoms with E-state index in [0.29, 0.717) is 5.39 Å². The lowest BCUT2D eigenvalue weighted by Crippen LogP contribution is -2.10. The van der Waals surface area contributed by atoms with E-state index in [2.05, 4.69) is 22.3 Å². The molecule has 1 N–H and O–H groups in total. The van der Waals surface area contributed by atoms with E-state index >= 15 is 0 Å². The average molecular weight is 250 g/mol. The lowest BCUT2D eigenvalue weighted by atomic mass is 10.0. The van der Waals surface area contributed by atoms with Crippen molar-refractivity contribution in [2.75, 3.05) is 0 Å². The molecule has 0 radical (unpaired) electrons. The first-order chi connectivity index (χ1) is 9.29. The molecule has 0 saturated carbocycles. The molecule has 94 valence electrons. The van der Waals surface area contributed by atoms with Crippen molar-refractivity contribution < 1.29 is 0 Å². The van der Waals surface area contributed by atoms with E-state index in [0.717, 1.165) is 28.6 Å². The number of aryl methyl sites for hydroxylation is 1. The Morgan fingerprint density at radius 2 is 1.79 bits per heavy atom. The predicted molar refractivity (Wildman–Crippen MR) is 77.2 cm³/mol. The van der Waals surface area contributed by atoms with Gasteiger partial charge in [0.05, 0.1) is 11.1 Å². The summed E-state index contributed by atoms with van der Waals surface area (Å²) in [5.74, 6) is 0. The van der Waals surface area contributed by atoms with Crippen LogP contribution in [0.25, 0.3) is 21.9 Å². The van der Waals surface area contributed by atoms with Crippen molar-refractivity contribution in [2.45, 2.75) is 13.3 Å². The number of nitrogens with one attached hydrogen (secondary N) is 1. The van der Waals surface area contributed by atoms with Crippen LogP contribution < -0.4 is 5.56 Å². The Kier molecular flexibility index (Phi) is 2.88. The fraction of sp³-hybridized carbons (Fsp3) is 0.125. The molecule has 1 aromatic heterocycles. The molecular weight excluding hydrogens is 236 g/mol. The molecule has 19 heavy (non-hydrogen) atoms. The minimum atomic E-state index is -0.133. The van der Waals surface area contributed by atoms with Crippen molar-refractivity contribution in [3.8, 4) is 11.1 Å². The maximum absolute atomic E-state index is 11.8. The van der Waals surface area contributed by atoms with Crippen LogP contribution in [0.2, 0.25) is 0 Å². The van der Waals surface area contributed by atoms with Crippen molar-refractivity contribution in [1.82, 2.24) is 10.2 Å². The molecule has 0 spiro atoms. The monoisotopic (exact) mass is 250 g/mol. The topological polar surface area (TPSA) is 45.8 Å². The minimum absolute atomic E-state index is 0.133. The maximum Gasteiger partial charge on any atom is 0.272 e. The Balaban J connectivity index is 2.29. The van der Waals surface area contributed by atoms with Crippen LogP contribution in [0.4, 0.5) is 0 Å². The summed E-state index contributed by atoms with van der Waals surface area (Å²) in [5, 5.41) is 8.31. The Morgan fingerprint density at radius 1 is 1.00 bits per heavy atom. The van der Waals surface area contributed by atoms with Crippen LogP contribution in [-0.2, 0) is 6.42 Å². The lowest BCUT2D eigenvalue weighted by molar-refractivity contribution is 0.919. The van der Waals surface area contributed by atoms with Crippen LogP contribution in [0, 0.1) is 0 Å². The molecule has 0 saturated heterocycles. The van der Waals surface area contributed by atoms with Crippen LogP contribution in [0.5, 0.6) is 0 Å². The van der Waals surface area contributed by atoms with Crippen molar-refractivity contribution in [3.05, 3.63) is 64.6 Å². The lowest BCUT2D eigenvalue weighted by Gasteiger charge is -2.06. The molecule has 0 aliphatic rings. The average Bonchev–Trinajstić information content (AvgIpc) is 2.48. The molecule has 3 rings (SSSR count). The van der Waals surface area contributed by atoms with E-state index in [1.54, 1.807) is 0 Å². The van der Waals surface area contributed by atoms with Crippen LogP contribution in [0.1, 0.15) is 12.6 Å². The van der Waals surface area contributed by atoms with Gasteiger partial charge in [-0.2, -0.15) is 5.10 Å². The molecule has 2 aromatic carbocycles. The summed E-state index contributed by atoms with van der Waals surface area (Å²) in [7, 11) is 0. The number of aromatic nitrogens is 2. The van der Waals surface area contributed by atoms with Gasteiger partial charge in [0.25, 0.3) is 5.56 Å². The molecule has 0 atom stereocenters. The number of benzene rings is 2. The summed E-state index contributed by atoms with van der Waals surface area (Å²) in [6.07, 6.45) is 0.797. The Morgan fingerprint density at radius 3 is 2.53 bits per heavy atom. The molecule has 0 unspecified atom stereocenters. The highest BCUT2D eigenvalue weighted by Gasteiger charge is 2.06. The van der Waals surface area contributed by atoms with Crippen LogP contribution in [-0.4, -0.2) is 10.2 Å². The van der Waals surface area contributed by atoms with Gasteiger partial charge in [0.15, 0.2) is 0 Å². The van der Waals surface area contributed by atoms with Gasteiger partial charge in [0.2, 0.25) is 0 Å². The molecule has 1 heterocycles. The van der Waals surface area contributed by atoms with Gasteiger partial charge in [-0.05, 0) is 29.7 Å². The first-order valence-electron chi connectivity index (χ1n) is 6.36. The summed E-state index contributed by atoms with van der Waals surface area (Å²) in [6.45, 7) is 2.04. The van der Waals surface area contributed by atoms with Crippen molar-refractivity contribution in [3.63, 3.8) is 0 Å². The van der Waals surface area contributed by atoms with E-state index in [4.69, 9.17) is 0 Å². The summed E-state index contributed by atoms with van der Waals surface area (Å²) in [6, 6.07) is 16.0. The van der Waals surface area contributed by atoms with Gasteiger partial charge in [-0.1, -0.05) is 43.3 Å².